The zero-order valence-corrected chi connectivity index (χ0v) is 19.9. The first-order chi connectivity index (χ1) is 17.2. The molecule has 3 heterocycles. The molecule has 1 aliphatic heterocycles. The number of nitrogens with one attached hydrogen (secondary N) is 1. The Morgan fingerprint density at radius 3 is 2.66 bits per heavy atom. The molecule has 1 saturated heterocycles. The van der Waals surface area contributed by atoms with E-state index < -0.39 is 0 Å². The zero-order chi connectivity index (χ0) is 24.0. The molecular formula is C28H30N4O3. The second-order valence-corrected chi connectivity index (χ2v) is 8.79. The molecule has 0 aliphatic carbocycles. The van der Waals surface area contributed by atoms with Gasteiger partial charge in [0.1, 0.15) is 17.2 Å². The topological polar surface area (TPSA) is 72.5 Å². The van der Waals surface area contributed by atoms with Crippen molar-refractivity contribution in [3.8, 4) is 17.0 Å². The maximum Gasteiger partial charge on any atom is 0.255 e. The number of carbonyl (C=O) groups excluding carboxylic acids is 1. The molecule has 0 radical (unpaired) electrons. The van der Waals surface area contributed by atoms with Crippen LogP contribution >= 0.6 is 0 Å². The van der Waals surface area contributed by atoms with Crippen LogP contribution in [0.1, 0.15) is 40.6 Å². The van der Waals surface area contributed by atoms with Gasteiger partial charge in [-0.25, -0.2) is 0 Å². The predicted octanol–water partition coefficient (Wildman–Crippen LogP) is 4.77. The van der Waals surface area contributed by atoms with Gasteiger partial charge in [-0.2, -0.15) is 5.10 Å². The van der Waals surface area contributed by atoms with Crippen LogP contribution in [-0.2, 0) is 6.54 Å². The molecule has 1 amide bonds. The monoisotopic (exact) mass is 470 g/mol. The molecule has 7 heteroatoms. The van der Waals surface area contributed by atoms with E-state index in [1.54, 1.807) is 13.4 Å². The highest BCUT2D eigenvalue weighted by atomic mass is 16.5. The average Bonchev–Trinajstić information content (AvgIpc) is 3.68. The van der Waals surface area contributed by atoms with Gasteiger partial charge in [-0.3, -0.25) is 14.4 Å². The minimum atomic E-state index is -0.155. The molecule has 1 fully saturated rings. The van der Waals surface area contributed by atoms with Crippen LogP contribution in [0.25, 0.3) is 11.3 Å². The third kappa shape index (κ3) is 5.30. The van der Waals surface area contributed by atoms with Crippen LogP contribution in [0.5, 0.6) is 5.75 Å². The number of furan rings is 1. The summed E-state index contributed by atoms with van der Waals surface area (Å²) in [6.45, 7) is 3.05. The normalized spacial score (nSPS) is 14.7. The molecule has 0 bridgehead atoms. The highest BCUT2D eigenvalue weighted by Gasteiger charge is 2.27. The highest BCUT2D eigenvalue weighted by molar-refractivity contribution is 5.99. The Kier molecular flexibility index (Phi) is 6.95. The third-order valence-corrected chi connectivity index (χ3v) is 6.45. The van der Waals surface area contributed by atoms with Gasteiger partial charge >= 0.3 is 0 Å². The first-order valence-electron chi connectivity index (χ1n) is 12.0. The predicted molar refractivity (Wildman–Crippen MR) is 134 cm³/mol. The molecular weight excluding hydrogens is 440 g/mol. The molecule has 7 nitrogen and oxygen atoms in total. The Morgan fingerprint density at radius 2 is 1.91 bits per heavy atom. The molecule has 4 aromatic rings. The van der Waals surface area contributed by atoms with Crippen LogP contribution in [0, 0.1) is 0 Å². The molecule has 0 saturated carbocycles. The number of amides is 1. The van der Waals surface area contributed by atoms with Crippen LogP contribution in [0.4, 0.5) is 0 Å². The van der Waals surface area contributed by atoms with Gasteiger partial charge in [0.15, 0.2) is 0 Å². The lowest BCUT2D eigenvalue weighted by Gasteiger charge is -2.26. The number of hydrogen-bond acceptors (Lipinski definition) is 5. The summed E-state index contributed by atoms with van der Waals surface area (Å²) in [5.41, 5.74) is 3.12. The number of benzene rings is 2. The smallest absolute Gasteiger partial charge is 0.255 e. The van der Waals surface area contributed by atoms with E-state index in [2.05, 4.69) is 22.3 Å². The van der Waals surface area contributed by atoms with Crippen molar-refractivity contribution in [2.45, 2.75) is 25.4 Å². The Bertz CT molecular complexity index is 1240. The quantitative estimate of drug-likeness (QED) is 0.382. The SMILES string of the molecule is COc1cccc(-c2nn(Cc3ccccc3)cc2C(=O)NC[C@H](c2ccco2)N2CCCC2)c1. The minimum absolute atomic E-state index is 0.0103. The minimum Gasteiger partial charge on any atom is -0.497 e. The standard InChI is InChI=1S/C28H30N4O3/c1-34-23-12-7-11-22(17-23)27-24(20-32(30-27)19-21-9-3-2-4-10-21)28(33)29-18-25(26-13-8-16-35-26)31-14-5-6-15-31/h2-4,7-13,16-17,20,25H,5-6,14-15,18-19H2,1H3,(H,29,33)/t25-/m1/s1. The summed E-state index contributed by atoms with van der Waals surface area (Å²) in [5.74, 6) is 1.44. The Balaban J connectivity index is 1.41. The zero-order valence-electron chi connectivity index (χ0n) is 19.9. The van der Waals surface area contributed by atoms with Gasteiger partial charge in [0.2, 0.25) is 0 Å². The van der Waals surface area contributed by atoms with E-state index in [-0.39, 0.29) is 11.9 Å². The molecule has 0 unspecified atom stereocenters. The molecule has 1 N–H and O–H groups in total. The number of methoxy groups -OCH3 is 1. The molecule has 180 valence electrons. The van der Waals surface area contributed by atoms with E-state index >= 15 is 0 Å². The second-order valence-electron chi connectivity index (χ2n) is 8.79. The molecule has 5 rings (SSSR count). The molecule has 1 aliphatic rings. The number of rotatable bonds is 9. The van der Waals surface area contributed by atoms with E-state index in [9.17, 15) is 4.79 Å². The van der Waals surface area contributed by atoms with Gasteiger partial charge in [-0.05, 0) is 55.8 Å². The number of nitrogens with zero attached hydrogens (tertiary/aromatic N) is 3. The van der Waals surface area contributed by atoms with Crippen molar-refractivity contribution in [2.75, 3.05) is 26.7 Å². The van der Waals surface area contributed by atoms with Crippen LogP contribution in [0.15, 0.2) is 83.6 Å². The fourth-order valence-electron chi connectivity index (χ4n) is 4.65. The number of carbonyl (C=O) groups is 1. The van der Waals surface area contributed by atoms with Crippen molar-refractivity contribution < 1.29 is 13.9 Å². The maximum absolute atomic E-state index is 13.5. The Hall–Kier alpha value is -3.84. The van der Waals surface area contributed by atoms with Crippen LogP contribution in [0.3, 0.4) is 0 Å². The summed E-state index contributed by atoms with van der Waals surface area (Å²) in [4.78, 5) is 15.9. The van der Waals surface area contributed by atoms with Crippen molar-refractivity contribution >= 4 is 5.91 Å². The molecule has 2 aromatic carbocycles. The van der Waals surface area contributed by atoms with E-state index in [0.29, 0.717) is 24.3 Å². The van der Waals surface area contributed by atoms with Crippen LogP contribution < -0.4 is 10.1 Å². The van der Waals surface area contributed by atoms with Crippen molar-refractivity contribution in [1.29, 1.82) is 0 Å². The Morgan fingerprint density at radius 1 is 1.09 bits per heavy atom. The lowest BCUT2D eigenvalue weighted by Crippen LogP contribution is -2.36. The van der Waals surface area contributed by atoms with Gasteiger partial charge < -0.3 is 14.5 Å². The second kappa shape index (κ2) is 10.6. The molecule has 2 aromatic heterocycles. The molecule has 0 spiro atoms. The number of aromatic nitrogens is 2. The van der Waals surface area contributed by atoms with Gasteiger partial charge in [-0.1, -0.05) is 42.5 Å². The maximum atomic E-state index is 13.5. The van der Waals surface area contributed by atoms with Gasteiger partial charge in [0.25, 0.3) is 5.91 Å². The van der Waals surface area contributed by atoms with Crippen LogP contribution in [-0.4, -0.2) is 47.3 Å². The summed E-state index contributed by atoms with van der Waals surface area (Å²) in [6.07, 6.45) is 5.85. The third-order valence-electron chi connectivity index (χ3n) is 6.45. The van der Waals surface area contributed by atoms with E-state index in [4.69, 9.17) is 14.3 Å². The summed E-state index contributed by atoms with van der Waals surface area (Å²) >= 11 is 0. The van der Waals surface area contributed by atoms with E-state index in [1.807, 2.05) is 65.5 Å². The van der Waals surface area contributed by atoms with Crippen LogP contribution in [0.2, 0.25) is 0 Å². The fraction of sp³-hybridized carbons (Fsp3) is 0.286. The van der Waals surface area contributed by atoms with Crippen molar-refractivity contribution in [1.82, 2.24) is 20.0 Å². The number of hydrogen-bond donors (Lipinski definition) is 1. The van der Waals surface area contributed by atoms with Crippen molar-refractivity contribution in [2.24, 2.45) is 0 Å². The highest BCUT2D eigenvalue weighted by Crippen LogP contribution is 2.28. The number of likely N-dealkylation sites (tertiary alicyclic amines) is 1. The largest absolute Gasteiger partial charge is 0.497 e. The molecule has 1 atom stereocenters. The van der Waals surface area contributed by atoms with Gasteiger partial charge in [-0.15, -0.1) is 0 Å². The van der Waals surface area contributed by atoms with Crippen molar-refractivity contribution in [3.63, 3.8) is 0 Å². The number of ether oxygens (including phenoxy) is 1. The average molecular weight is 471 g/mol. The summed E-state index contributed by atoms with van der Waals surface area (Å²) in [7, 11) is 1.63. The first-order valence-corrected chi connectivity index (χ1v) is 12.0. The Labute approximate surface area is 205 Å². The van der Waals surface area contributed by atoms with E-state index in [0.717, 1.165) is 48.6 Å². The summed E-state index contributed by atoms with van der Waals surface area (Å²) < 4.78 is 12.9. The first kappa shape index (κ1) is 22.9. The molecule has 35 heavy (non-hydrogen) atoms. The van der Waals surface area contributed by atoms with Crippen molar-refractivity contribution in [3.05, 3.63) is 96.1 Å². The lowest BCUT2D eigenvalue weighted by atomic mass is 10.1. The van der Waals surface area contributed by atoms with Gasteiger partial charge in [0.05, 0.1) is 31.5 Å². The van der Waals surface area contributed by atoms with Gasteiger partial charge in [0, 0.05) is 18.3 Å². The fourth-order valence-corrected chi connectivity index (χ4v) is 4.65. The summed E-state index contributed by atoms with van der Waals surface area (Å²) in [6, 6.07) is 21.6. The van der Waals surface area contributed by atoms with E-state index in [1.165, 1.54) is 0 Å². The lowest BCUT2D eigenvalue weighted by molar-refractivity contribution is 0.0934. The summed E-state index contributed by atoms with van der Waals surface area (Å²) in [5, 5.41) is 7.95.